The van der Waals surface area contributed by atoms with Gasteiger partial charge in [-0.3, -0.25) is 0 Å². The summed E-state index contributed by atoms with van der Waals surface area (Å²) in [5.74, 6) is 0.757. The highest BCUT2D eigenvalue weighted by atomic mass is 35.5. The molecule has 0 unspecified atom stereocenters. The van der Waals surface area contributed by atoms with E-state index in [9.17, 15) is 0 Å². The largest absolute Gasteiger partial charge is 0.380 e. The average molecular weight is 292 g/mol. The molecule has 0 bridgehead atoms. The summed E-state index contributed by atoms with van der Waals surface area (Å²) in [5.41, 5.74) is 3.70. The molecule has 0 radical (unpaired) electrons. The first-order valence-electron chi connectivity index (χ1n) is 6.51. The molecule has 98 valence electrons. The Morgan fingerprint density at radius 3 is 2.58 bits per heavy atom. The van der Waals surface area contributed by atoms with Crippen LogP contribution in [0.4, 0.5) is 5.69 Å². The van der Waals surface area contributed by atoms with Gasteiger partial charge in [0.1, 0.15) is 0 Å². The van der Waals surface area contributed by atoms with E-state index in [4.69, 9.17) is 23.2 Å². The predicted octanol–water partition coefficient (Wildman–Crippen LogP) is 5.48. The van der Waals surface area contributed by atoms with Gasteiger partial charge in [0.05, 0.1) is 15.7 Å². The zero-order valence-corrected chi connectivity index (χ0v) is 12.0. The van der Waals surface area contributed by atoms with Gasteiger partial charge >= 0.3 is 0 Å². The molecule has 1 aliphatic carbocycles. The maximum atomic E-state index is 6.18. The van der Waals surface area contributed by atoms with Crippen molar-refractivity contribution in [2.24, 2.45) is 0 Å². The van der Waals surface area contributed by atoms with Crippen LogP contribution in [-0.4, -0.2) is 0 Å². The third-order valence-electron chi connectivity index (χ3n) is 3.49. The zero-order valence-electron chi connectivity index (χ0n) is 10.5. The van der Waals surface area contributed by atoms with Gasteiger partial charge in [-0.05, 0) is 42.0 Å². The Hall–Kier alpha value is -1.18. The molecule has 0 aliphatic heterocycles. The molecule has 1 saturated carbocycles. The monoisotopic (exact) mass is 291 g/mol. The van der Waals surface area contributed by atoms with Gasteiger partial charge in [0.2, 0.25) is 0 Å². The van der Waals surface area contributed by atoms with Crippen LogP contribution >= 0.6 is 23.2 Å². The summed E-state index contributed by atoms with van der Waals surface area (Å²) in [6.45, 7) is 0.784. The topological polar surface area (TPSA) is 12.0 Å². The molecule has 0 aromatic heterocycles. The molecule has 0 amide bonds. The van der Waals surface area contributed by atoms with E-state index in [-0.39, 0.29) is 0 Å². The number of hydrogen-bond acceptors (Lipinski definition) is 1. The van der Waals surface area contributed by atoms with Crippen LogP contribution in [0.25, 0.3) is 0 Å². The molecule has 1 nitrogen and oxygen atoms in total. The Morgan fingerprint density at radius 2 is 1.79 bits per heavy atom. The van der Waals surface area contributed by atoms with E-state index in [1.807, 2.05) is 12.1 Å². The molecule has 2 aromatic rings. The summed E-state index contributed by atoms with van der Waals surface area (Å²) in [6.07, 6.45) is 2.63. The van der Waals surface area contributed by atoms with Crippen molar-refractivity contribution in [2.75, 3.05) is 5.32 Å². The number of rotatable bonds is 4. The summed E-state index contributed by atoms with van der Waals surface area (Å²) in [4.78, 5) is 0. The lowest BCUT2D eigenvalue weighted by Gasteiger charge is -2.12. The molecule has 0 atom stereocenters. The first-order valence-corrected chi connectivity index (χ1v) is 7.27. The summed E-state index contributed by atoms with van der Waals surface area (Å²) >= 11 is 12.2. The van der Waals surface area contributed by atoms with Gasteiger partial charge in [0.15, 0.2) is 0 Å². The molecule has 1 fully saturated rings. The maximum Gasteiger partial charge on any atom is 0.0823 e. The number of nitrogens with one attached hydrogen (secondary N) is 1. The quantitative estimate of drug-likeness (QED) is 0.786. The van der Waals surface area contributed by atoms with E-state index in [1.54, 1.807) is 6.07 Å². The Bertz CT molecular complexity index is 591. The number of halogens is 2. The third-order valence-corrected chi connectivity index (χ3v) is 4.31. The minimum Gasteiger partial charge on any atom is -0.380 e. The van der Waals surface area contributed by atoms with E-state index in [2.05, 4.69) is 29.6 Å². The van der Waals surface area contributed by atoms with Crippen LogP contribution in [0.2, 0.25) is 10.0 Å². The second kappa shape index (κ2) is 5.44. The highest BCUT2D eigenvalue weighted by molar-refractivity contribution is 6.43. The average Bonchev–Trinajstić information content (AvgIpc) is 3.25. The van der Waals surface area contributed by atoms with Gasteiger partial charge in [-0.2, -0.15) is 0 Å². The lowest BCUT2D eigenvalue weighted by Crippen LogP contribution is -2.02. The number of benzene rings is 2. The third kappa shape index (κ3) is 2.88. The summed E-state index contributed by atoms with van der Waals surface area (Å²) < 4.78 is 0. The molecule has 3 heteroatoms. The van der Waals surface area contributed by atoms with Crippen molar-refractivity contribution < 1.29 is 0 Å². The Balaban J connectivity index is 1.77. The van der Waals surface area contributed by atoms with Crippen molar-refractivity contribution >= 4 is 28.9 Å². The Kier molecular flexibility index (Phi) is 3.67. The van der Waals surface area contributed by atoms with Crippen LogP contribution < -0.4 is 5.32 Å². The van der Waals surface area contributed by atoms with Crippen molar-refractivity contribution in [3.63, 3.8) is 0 Å². The molecule has 19 heavy (non-hydrogen) atoms. The van der Waals surface area contributed by atoms with Crippen LogP contribution in [0, 0.1) is 0 Å². The van der Waals surface area contributed by atoms with Crippen LogP contribution in [0.5, 0.6) is 0 Å². The van der Waals surface area contributed by atoms with E-state index in [0.29, 0.717) is 10.0 Å². The SMILES string of the molecule is Clc1cccc(NCc2ccccc2C2CC2)c1Cl. The fourth-order valence-corrected chi connectivity index (χ4v) is 2.69. The van der Waals surface area contributed by atoms with Crippen molar-refractivity contribution in [1.82, 2.24) is 0 Å². The summed E-state index contributed by atoms with van der Waals surface area (Å²) in [5, 5.41) is 4.55. The molecule has 0 saturated heterocycles. The first-order chi connectivity index (χ1) is 9.25. The zero-order chi connectivity index (χ0) is 13.2. The summed E-state index contributed by atoms with van der Waals surface area (Å²) in [6, 6.07) is 14.3. The Morgan fingerprint density at radius 1 is 1.00 bits per heavy atom. The number of hydrogen-bond donors (Lipinski definition) is 1. The van der Waals surface area contributed by atoms with Gasteiger partial charge in [-0.25, -0.2) is 0 Å². The van der Waals surface area contributed by atoms with Crippen LogP contribution in [0.3, 0.4) is 0 Å². The Labute approximate surface area is 123 Å². The van der Waals surface area contributed by atoms with Gasteiger partial charge in [0.25, 0.3) is 0 Å². The predicted molar refractivity (Wildman–Crippen MR) is 82.2 cm³/mol. The molecule has 1 aliphatic rings. The highest BCUT2D eigenvalue weighted by Crippen LogP contribution is 2.41. The van der Waals surface area contributed by atoms with Gasteiger partial charge in [-0.15, -0.1) is 0 Å². The van der Waals surface area contributed by atoms with Crippen LogP contribution in [0.15, 0.2) is 42.5 Å². The van der Waals surface area contributed by atoms with Crippen molar-refractivity contribution in [1.29, 1.82) is 0 Å². The lowest BCUT2D eigenvalue weighted by molar-refractivity contribution is 1.04. The molecule has 3 rings (SSSR count). The molecular formula is C16H15Cl2N. The molecular weight excluding hydrogens is 277 g/mol. The summed E-state index contributed by atoms with van der Waals surface area (Å²) in [7, 11) is 0. The van der Waals surface area contributed by atoms with E-state index in [0.717, 1.165) is 18.2 Å². The minimum absolute atomic E-state index is 0.585. The standard InChI is InChI=1S/C16H15Cl2N/c17-14-6-3-7-15(16(14)18)19-10-12-4-1-2-5-13(12)11-8-9-11/h1-7,11,19H,8-10H2. The van der Waals surface area contributed by atoms with Crippen molar-refractivity contribution in [2.45, 2.75) is 25.3 Å². The first kappa shape index (κ1) is 12.8. The van der Waals surface area contributed by atoms with E-state index in [1.165, 1.54) is 24.0 Å². The van der Waals surface area contributed by atoms with Gasteiger partial charge in [0, 0.05) is 6.54 Å². The maximum absolute atomic E-state index is 6.18. The normalized spacial score (nSPS) is 14.4. The van der Waals surface area contributed by atoms with Gasteiger partial charge in [-0.1, -0.05) is 53.5 Å². The van der Waals surface area contributed by atoms with E-state index < -0.39 is 0 Å². The van der Waals surface area contributed by atoms with Crippen molar-refractivity contribution in [3.8, 4) is 0 Å². The van der Waals surface area contributed by atoms with E-state index >= 15 is 0 Å². The number of anilines is 1. The smallest absolute Gasteiger partial charge is 0.0823 e. The fraction of sp³-hybridized carbons (Fsp3) is 0.250. The van der Waals surface area contributed by atoms with Crippen molar-refractivity contribution in [3.05, 3.63) is 63.6 Å². The molecule has 2 aromatic carbocycles. The van der Waals surface area contributed by atoms with Crippen LogP contribution in [0.1, 0.15) is 29.9 Å². The second-order valence-corrected chi connectivity index (χ2v) is 5.71. The van der Waals surface area contributed by atoms with Crippen LogP contribution in [-0.2, 0) is 6.54 Å². The minimum atomic E-state index is 0.585. The molecule has 1 N–H and O–H groups in total. The fourth-order valence-electron chi connectivity index (χ4n) is 2.32. The van der Waals surface area contributed by atoms with Gasteiger partial charge < -0.3 is 5.32 Å². The second-order valence-electron chi connectivity index (χ2n) is 4.93. The molecule has 0 spiro atoms. The highest BCUT2D eigenvalue weighted by Gasteiger charge is 2.25. The molecule has 0 heterocycles. The lowest BCUT2D eigenvalue weighted by atomic mass is 10.0.